The molecule has 0 saturated heterocycles. The van der Waals surface area contributed by atoms with Gasteiger partial charge in [0.15, 0.2) is 5.01 Å². The molecule has 0 aliphatic rings. The van der Waals surface area contributed by atoms with Gasteiger partial charge in [-0.25, -0.2) is 0 Å². The highest BCUT2D eigenvalue weighted by atomic mass is 32.1. The number of methoxy groups -OCH3 is 1. The van der Waals surface area contributed by atoms with Crippen LogP contribution in [-0.2, 0) is 22.7 Å². The summed E-state index contributed by atoms with van der Waals surface area (Å²) in [6.45, 7) is 9.13. The van der Waals surface area contributed by atoms with Crippen LogP contribution in [0.25, 0.3) is 0 Å². The molecule has 0 bridgehead atoms. The highest BCUT2D eigenvalue weighted by Crippen LogP contribution is 2.21. The Morgan fingerprint density at radius 1 is 1.10 bits per heavy atom. The average Bonchev–Trinajstić information content (AvgIpc) is 3.30. The van der Waals surface area contributed by atoms with Crippen molar-refractivity contribution in [1.82, 2.24) is 14.8 Å². The summed E-state index contributed by atoms with van der Waals surface area (Å²) in [5, 5.41) is 11.4. The van der Waals surface area contributed by atoms with Crippen molar-refractivity contribution >= 4 is 28.2 Å². The number of nitrogens with one attached hydrogen (secondary N) is 1. The van der Waals surface area contributed by atoms with E-state index in [1.807, 2.05) is 50.5 Å². The Hall–Kier alpha value is -3.04. The number of hydrogen-bond donors (Lipinski definition) is 1. The number of benzene rings is 1. The van der Waals surface area contributed by atoms with Gasteiger partial charge in [-0.15, -0.1) is 10.2 Å². The summed E-state index contributed by atoms with van der Waals surface area (Å²) in [5.74, 6) is -0.618. The van der Waals surface area contributed by atoms with E-state index in [0.717, 1.165) is 22.7 Å². The van der Waals surface area contributed by atoms with Crippen LogP contribution in [0.5, 0.6) is 5.75 Å². The molecule has 0 unspecified atom stereocenters. The van der Waals surface area contributed by atoms with Crippen LogP contribution in [-0.4, -0.2) is 40.2 Å². The summed E-state index contributed by atoms with van der Waals surface area (Å²) in [5.41, 5.74) is 4.33. The van der Waals surface area contributed by atoms with E-state index in [4.69, 9.17) is 9.47 Å². The maximum atomic E-state index is 12.7. The first-order chi connectivity index (χ1) is 14.8. The normalized spacial score (nSPS) is 10.9. The molecule has 1 N–H and O–H groups in total. The lowest BCUT2D eigenvalue weighted by molar-refractivity contribution is -0.112. The fourth-order valence-electron chi connectivity index (χ4n) is 3.15. The summed E-state index contributed by atoms with van der Waals surface area (Å²) in [6, 6.07) is 7.57. The molecule has 0 fully saturated rings. The first-order valence-electron chi connectivity index (χ1n) is 9.84. The van der Waals surface area contributed by atoms with Crippen LogP contribution in [0.3, 0.4) is 0 Å². The van der Waals surface area contributed by atoms with E-state index >= 15 is 0 Å². The molecule has 2 aromatic heterocycles. The second-order valence-corrected chi connectivity index (χ2v) is 8.31. The number of aromatic nitrogens is 3. The molecule has 0 aliphatic carbocycles. The van der Waals surface area contributed by atoms with Gasteiger partial charge in [-0.3, -0.25) is 14.9 Å². The van der Waals surface area contributed by atoms with E-state index < -0.39 is 11.7 Å². The molecule has 31 heavy (non-hydrogen) atoms. The van der Waals surface area contributed by atoms with Crippen molar-refractivity contribution in [3.8, 4) is 5.75 Å². The van der Waals surface area contributed by atoms with E-state index in [2.05, 4.69) is 15.5 Å². The Kier molecular flexibility index (Phi) is 7.19. The molecule has 8 nitrogen and oxygen atoms in total. The number of nitrogens with zero attached hydrogens (tertiary/aromatic N) is 3. The van der Waals surface area contributed by atoms with Gasteiger partial charge < -0.3 is 14.0 Å². The summed E-state index contributed by atoms with van der Waals surface area (Å²) in [7, 11) is 1.62. The number of carbonyl (C=O) groups excluding carboxylic acids is 2. The van der Waals surface area contributed by atoms with Crippen LogP contribution in [0.2, 0.25) is 0 Å². The number of rotatable bonds is 9. The standard InChI is InChI=1S/C22H26N4O4S/c1-13-6-7-17(10-14(13)2)30-12-19-24-25-22(31-19)23-21(28)20(27)18-11-15(3)26(16(18)4)8-9-29-5/h6-7,10-11H,8-9,12H2,1-5H3,(H,23,25,28). The number of carbonyl (C=O) groups is 2. The molecular weight excluding hydrogens is 416 g/mol. The SMILES string of the molecule is COCCn1c(C)cc(C(=O)C(=O)Nc2nnc(COc3ccc(C)c(C)c3)s2)c1C. The molecule has 0 atom stereocenters. The number of ether oxygens (including phenoxy) is 2. The first-order valence-corrected chi connectivity index (χ1v) is 10.7. The molecule has 0 spiro atoms. The third kappa shape index (κ3) is 5.36. The van der Waals surface area contributed by atoms with Crippen molar-refractivity contribution in [2.75, 3.05) is 19.0 Å². The number of hydrogen-bond acceptors (Lipinski definition) is 7. The Labute approximate surface area is 185 Å². The lowest BCUT2D eigenvalue weighted by atomic mass is 10.1. The van der Waals surface area contributed by atoms with E-state index in [0.29, 0.717) is 23.7 Å². The minimum Gasteiger partial charge on any atom is -0.486 e. The van der Waals surface area contributed by atoms with Crippen LogP contribution in [0.1, 0.15) is 37.9 Å². The maximum absolute atomic E-state index is 12.7. The number of Topliss-reactive ketones (excluding diaryl/α,β-unsaturated/α-hetero) is 1. The molecule has 3 aromatic rings. The van der Waals surface area contributed by atoms with Gasteiger partial charge in [0.25, 0.3) is 11.7 Å². The third-order valence-electron chi connectivity index (χ3n) is 5.07. The maximum Gasteiger partial charge on any atom is 0.298 e. The second-order valence-electron chi connectivity index (χ2n) is 7.25. The molecule has 1 amide bonds. The average molecular weight is 443 g/mol. The zero-order valence-electron chi connectivity index (χ0n) is 18.3. The number of aryl methyl sites for hydroxylation is 3. The molecule has 9 heteroatoms. The molecule has 0 aliphatic heterocycles. The summed E-state index contributed by atoms with van der Waals surface area (Å²) in [6.07, 6.45) is 0. The predicted octanol–water partition coefficient (Wildman–Crippen LogP) is 3.62. The van der Waals surface area contributed by atoms with E-state index in [1.54, 1.807) is 13.2 Å². The second kappa shape index (κ2) is 9.84. The number of anilines is 1. The van der Waals surface area contributed by atoms with Gasteiger partial charge in [0.2, 0.25) is 5.13 Å². The largest absolute Gasteiger partial charge is 0.486 e. The van der Waals surface area contributed by atoms with Crippen LogP contribution < -0.4 is 10.1 Å². The van der Waals surface area contributed by atoms with Gasteiger partial charge >= 0.3 is 0 Å². The predicted molar refractivity (Wildman–Crippen MR) is 119 cm³/mol. The summed E-state index contributed by atoms with van der Waals surface area (Å²) in [4.78, 5) is 25.1. The Morgan fingerprint density at radius 3 is 2.58 bits per heavy atom. The third-order valence-corrected chi connectivity index (χ3v) is 5.88. The highest BCUT2D eigenvalue weighted by Gasteiger charge is 2.23. The summed E-state index contributed by atoms with van der Waals surface area (Å²) >= 11 is 1.17. The number of ketones is 1. The minimum atomic E-state index is -0.746. The Bertz CT molecular complexity index is 1100. The number of amides is 1. The zero-order valence-corrected chi connectivity index (χ0v) is 19.1. The topological polar surface area (TPSA) is 95.3 Å². The molecular formula is C22H26N4O4S. The lowest BCUT2D eigenvalue weighted by Crippen LogP contribution is -2.23. The van der Waals surface area contributed by atoms with Crippen molar-refractivity contribution < 1.29 is 19.1 Å². The summed E-state index contributed by atoms with van der Waals surface area (Å²) < 4.78 is 12.8. The molecule has 1 aromatic carbocycles. The monoisotopic (exact) mass is 442 g/mol. The van der Waals surface area contributed by atoms with Gasteiger partial charge in [0, 0.05) is 30.6 Å². The molecule has 0 radical (unpaired) electrons. The van der Waals surface area contributed by atoms with Gasteiger partial charge in [0.1, 0.15) is 12.4 Å². The van der Waals surface area contributed by atoms with Gasteiger partial charge in [-0.1, -0.05) is 17.4 Å². The molecule has 2 heterocycles. The van der Waals surface area contributed by atoms with Gasteiger partial charge in [0.05, 0.1) is 6.61 Å². The van der Waals surface area contributed by atoms with Crippen LogP contribution in [0.15, 0.2) is 24.3 Å². The molecule has 3 rings (SSSR count). The zero-order chi connectivity index (χ0) is 22.5. The van der Waals surface area contributed by atoms with Crippen molar-refractivity contribution in [2.24, 2.45) is 0 Å². The van der Waals surface area contributed by atoms with E-state index in [9.17, 15) is 9.59 Å². The van der Waals surface area contributed by atoms with Crippen molar-refractivity contribution in [2.45, 2.75) is 40.8 Å². The van der Waals surface area contributed by atoms with Crippen molar-refractivity contribution in [3.63, 3.8) is 0 Å². The Morgan fingerprint density at radius 2 is 1.87 bits per heavy atom. The quantitative estimate of drug-likeness (QED) is 0.402. The van der Waals surface area contributed by atoms with Gasteiger partial charge in [-0.2, -0.15) is 0 Å². The van der Waals surface area contributed by atoms with Gasteiger partial charge in [-0.05, 0) is 57.0 Å². The molecule has 0 saturated carbocycles. The van der Waals surface area contributed by atoms with Crippen LogP contribution >= 0.6 is 11.3 Å². The Balaban J connectivity index is 1.61. The van der Waals surface area contributed by atoms with Crippen LogP contribution in [0.4, 0.5) is 5.13 Å². The van der Waals surface area contributed by atoms with Crippen molar-refractivity contribution in [1.29, 1.82) is 0 Å². The van der Waals surface area contributed by atoms with E-state index in [1.165, 1.54) is 16.9 Å². The van der Waals surface area contributed by atoms with Crippen LogP contribution in [0, 0.1) is 27.7 Å². The highest BCUT2D eigenvalue weighted by molar-refractivity contribution is 7.15. The minimum absolute atomic E-state index is 0.227. The first kappa shape index (κ1) is 22.6. The van der Waals surface area contributed by atoms with Crippen molar-refractivity contribution in [3.05, 3.63) is 57.4 Å². The van der Waals surface area contributed by atoms with E-state index in [-0.39, 0.29) is 11.7 Å². The fourth-order valence-corrected chi connectivity index (χ4v) is 3.79. The molecule has 164 valence electrons. The smallest absolute Gasteiger partial charge is 0.298 e. The fraction of sp³-hybridized carbons (Fsp3) is 0.364. The lowest BCUT2D eigenvalue weighted by Gasteiger charge is -2.08.